The molecule has 1 saturated heterocycles. The molecule has 4 nitrogen and oxygen atoms in total. The van der Waals surface area contributed by atoms with E-state index in [4.69, 9.17) is 0 Å². The van der Waals surface area contributed by atoms with Crippen LogP contribution < -0.4 is 11.1 Å². The lowest BCUT2D eigenvalue weighted by molar-refractivity contribution is 0.0798. The third-order valence-electron chi connectivity index (χ3n) is 6.00. The Balaban J connectivity index is 0.000000192. The van der Waals surface area contributed by atoms with Crippen LogP contribution in [0, 0.1) is 5.92 Å². The summed E-state index contributed by atoms with van der Waals surface area (Å²) in [6.45, 7) is 1.23. The number of fused-ring (bicyclic) bond motifs is 1. The first-order valence-corrected chi connectivity index (χ1v) is 8.73. The Hall–Kier alpha value is -1.81. The highest BCUT2D eigenvalue weighted by Crippen LogP contribution is 2.53. The average molecular weight is 312 g/mol. The van der Waals surface area contributed by atoms with Crippen LogP contribution in [-0.4, -0.2) is 17.6 Å². The zero-order valence-corrected chi connectivity index (χ0v) is 13.4. The fourth-order valence-corrected chi connectivity index (χ4v) is 5.12. The molecule has 1 aromatic carbocycles. The molecule has 2 N–H and O–H groups in total. The molecule has 122 valence electrons. The molecule has 0 amide bonds. The van der Waals surface area contributed by atoms with Gasteiger partial charge in [0.05, 0.1) is 0 Å². The van der Waals surface area contributed by atoms with Gasteiger partial charge >= 0.3 is 5.76 Å². The highest BCUT2D eigenvalue weighted by Gasteiger charge is 2.51. The monoisotopic (exact) mass is 312 g/mol. The van der Waals surface area contributed by atoms with Crippen molar-refractivity contribution in [3.05, 3.63) is 58.4 Å². The molecule has 1 saturated carbocycles. The summed E-state index contributed by atoms with van der Waals surface area (Å²) in [5.41, 5.74) is 3.88. The molecule has 2 heterocycles. The predicted molar refractivity (Wildman–Crippen MR) is 89.5 cm³/mol. The van der Waals surface area contributed by atoms with E-state index in [-0.39, 0.29) is 0 Å². The van der Waals surface area contributed by atoms with E-state index < -0.39 is 5.76 Å². The van der Waals surface area contributed by atoms with Crippen LogP contribution in [0.1, 0.15) is 43.2 Å². The molecule has 4 heteroatoms. The predicted octanol–water partition coefficient (Wildman–Crippen LogP) is 3.00. The largest absolute Gasteiger partial charge is 0.417 e. The molecule has 5 rings (SSSR count). The van der Waals surface area contributed by atoms with Crippen molar-refractivity contribution < 1.29 is 4.42 Å². The van der Waals surface area contributed by atoms with E-state index in [0.717, 1.165) is 12.0 Å². The Labute approximate surface area is 136 Å². The molecule has 3 aliphatic rings. The summed E-state index contributed by atoms with van der Waals surface area (Å²) >= 11 is 0. The SMILES string of the molecule is O=c1[nH]cco1.c1ccc2c(c1)C[C@H]1NCC[C@@]23CCCC[C@@H]13. The third kappa shape index (κ3) is 2.55. The number of H-pyrrole nitrogens is 1. The van der Waals surface area contributed by atoms with E-state index in [1.807, 2.05) is 0 Å². The zero-order chi connectivity index (χ0) is 15.7. The molecule has 0 radical (unpaired) electrons. The first-order valence-electron chi connectivity index (χ1n) is 8.73. The second-order valence-electron chi connectivity index (χ2n) is 7.03. The number of hydrogen-bond donors (Lipinski definition) is 2. The Morgan fingerprint density at radius 2 is 2.09 bits per heavy atom. The Bertz CT molecular complexity index is 699. The van der Waals surface area contributed by atoms with Crippen molar-refractivity contribution in [2.75, 3.05) is 6.54 Å². The van der Waals surface area contributed by atoms with Gasteiger partial charge in [-0.2, -0.15) is 0 Å². The lowest BCUT2D eigenvalue weighted by Gasteiger charge is -2.56. The summed E-state index contributed by atoms with van der Waals surface area (Å²) in [6, 6.07) is 10.0. The topological polar surface area (TPSA) is 58.0 Å². The number of aromatic nitrogens is 1. The number of piperidine rings is 1. The van der Waals surface area contributed by atoms with Gasteiger partial charge in [-0.05, 0) is 49.3 Å². The molecule has 0 unspecified atom stereocenters. The van der Waals surface area contributed by atoms with Crippen molar-refractivity contribution in [3.8, 4) is 0 Å². The van der Waals surface area contributed by atoms with Crippen LogP contribution in [0.25, 0.3) is 0 Å². The zero-order valence-electron chi connectivity index (χ0n) is 13.4. The summed E-state index contributed by atoms with van der Waals surface area (Å²) in [4.78, 5) is 12.1. The van der Waals surface area contributed by atoms with Gasteiger partial charge in [0.15, 0.2) is 0 Å². The van der Waals surface area contributed by atoms with Gasteiger partial charge in [-0.15, -0.1) is 0 Å². The summed E-state index contributed by atoms with van der Waals surface area (Å²) < 4.78 is 4.22. The minimum atomic E-state index is -0.407. The Morgan fingerprint density at radius 1 is 1.17 bits per heavy atom. The smallest absolute Gasteiger partial charge is 0.416 e. The Morgan fingerprint density at radius 3 is 2.87 bits per heavy atom. The standard InChI is InChI=1S/C16H21N.C3H3NO2/c1-2-6-13-12(5-1)11-15-14-7-3-4-8-16(13,14)9-10-17-15;5-3-4-1-2-6-3/h1-2,5-6,14-15,17H,3-4,7-11H2;1-2H,(H,4,5)/t14-,15+,16-;/m0./s1. The van der Waals surface area contributed by atoms with Crippen molar-refractivity contribution >= 4 is 0 Å². The summed E-state index contributed by atoms with van der Waals surface area (Å²) in [7, 11) is 0. The first-order chi connectivity index (χ1) is 11.3. The quantitative estimate of drug-likeness (QED) is 0.786. The van der Waals surface area contributed by atoms with Gasteiger partial charge in [0, 0.05) is 17.7 Å². The van der Waals surface area contributed by atoms with Gasteiger partial charge in [0.1, 0.15) is 6.26 Å². The highest BCUT2D eigenvalue weighted by molar-refractivity contribution is 5.41. The molecule has 1 aromatic heterocycles. The number of oxazole rings is 1. The molecule has 3 atom stereocenters. The molecule has 2 aromatic rings. The van der Waals surface area contributed by atoms with Gasteiger partial charge < -0.3 is 9.73 Å². The summed E-state index contributed by atoms with van der Waals surface area (Å²) in [5, 5.41) is 3.79. The van der Waals surface area contributed by atoms with Gasteiger partial charge in [-0.3, -0.25) is 4.98 Å². The van der Waals surface area contributed by atoms with Crippen molar-refractivity contribution in [3.63, 3.8) is 0 Å². The Kier molecular flexibility index (Phi) is 3.85. The average Bonchev–Trinajstić information content (AvgIpc) is 3.06. The summed E-state index contributed by atoms with van der Waals surface area (Å²) in [5.74, 6) is 0.509. The third-order valence-corrected chi connectivity index (χ3v) is 6.00. The molecule has 2 bridgehead atoms. The van der Waals surface area contributed by atoms with E-state index in [9.17, 15) is 4.79 Å². The molecular weight excluding hydrogens is 288 g/mol. The van der Waals surface area contributed by atoms with Gasteiger partial charge in [0.25, 0.3) is 0 Å². The van der Waals surface area contributed by atoms with E-state index in [0.29, 0.717) is 5.41 Å². The highest BCUT2D eigenvalue weighted by atomic mass is 16.4. The van der Waals surface area contributed by atoms with E-state index in [2.05, 4.69) is 39.0 Å². The molecule has 2 aliphatic carbocycles. The van der Waals surface area contributed by atoms with Crippen LogP contribution >= 0.6 is 0 Å². The van der Waals surface area contributed by atoms with Crippen LogP contribution in [0.3, 0.4) is 0 Å². The minimum Gasteiger partial charge on any atom is -0.417 e. The fraction of sp³-hybridized carbons (Fsp3) is 0.526. The number of hydrogen-bond acceptors (Lipinski definition) is 3. The summed E-state index contributed by atoms with van der Waals surface area (Å²) in [6.07, 6.45) is 11.1. The van der Waals surface area contributed by atoms with Crippen molar-refractivity contribution in [2.24, 2.45) is 5.92 Å². The number of rotatable bonds is 0. The molecule has 23 heavy (non-hydrogen) atoms. The maximum Gasteiger partial charge on any atom is 0.416 e. The minimum absolute atomic E-state index is 0.407. The molecule has 0 spiro atoms. The second kappa shape index (κ2) is 6.00. The lowest BCUT2D eigenvalue weighted by Crippen LogP contribution is -2.59. The lowest BCUT2D eigenvalue weighted by atomic mass is 9.53. The number of aromatic amines is 1. The van der Waals surface area contributed by atoms with Crippen molar-refractivity contribution in [1.82, 2.24) is 10.3 Å². The van der Waals surface area contributed by atoms with Crippen LogP contribution in [-0.2, 0) is 11.8 Å². The van der Waals surface area contributed by atoms with Crippen LogP contribution in [0.5, 0.6) is 0 Å². The van der Waals surface area contributed by atoms with Crippen molar-refractivity contribution in [2.45, 2.75) is 50.0 Å². The van der Waals surface area contributed by atoms with Gasteiger partial charge in [0.2, 0.25) is 0 Å². The molecular formula is C19H24N2O2. The number of nitrogens with one attached hydrogen (secondary N) is 2. The van der Waals surface area contributed by atoms with E-state index >= 15 is 0 Å². The molecule has 1 aliphatic heterocycles. The fourth-order valence-electron chi connectivity index (χ4n) is 5.12. The van der Waals surface area contributed by atoms with Crippen LogP contribution in [0.15, 0.2) is 45.9 Å². The van der Waals surface area contributed by atoms with Crippen molar-refractivity contribution in [1.29, 1.82) is 0 Å². The first kappa shape index (κ1) is 14.8. The van der Waals surface area contributed by atoms with Crippen LogP contribution in [0.4, 0.5) is 0 Å². The molecule has 2 fully saturated rings. The maximum atomic E-state index is 9.85. The maximum absolute atomic E-state index is 9.85. The second-order valence-corrected chi connectivity index (χ2v) is 7.03. The normalized spacial score (nSPS) is 31.3. The van der Waals surface area contributed by atoms with Gasteiger partial charge in [-0.25, -0.2) is 4.79 Å². The number of benzene rings is 1. The van der Waals surface area contributed by atoms with Crippen LogP contribution in [0.2, 0.25) is 0 Å². The van der Waals surface area contributed by atoms with Gasteiger partial charge in [-0.1, -0.05) is 37.1 Å². The van der Waals surface area contributed by atoms with E-state index in [1.165, 1.54) is 57.5 Å². The van der Waals surface area contributed by atoms with E-state index in [1.54, 1.807) is 11.1 Å².